The molecule has 0 unspecified atom stereocenters. The van der Waals surface area contributed by atoms with Crippen LogP contribution in [0.1, 0.15) is 12.8 Å². The first-order valence-electron chi connectivity index (χ1n) is 5.41. The van der Waals surface area contributed by atoms with Gasteiger partial charge in [-0.1, -0.05) is 12.7 Å². The second kappa shape index (κ2) is 6.64. The molecule has 0 N–H and O–H groups in total. The number of hydrogen-bond acceptors (Lipinski definition) is 4. The molecule has 17 heavy (non-hydrogen) atoms. The fourth-order valence-electron chi connectivity index (χ4n) is 1.79. The zero-order valence-electron chi connectivity index (χ0n) is 9.47. The first-order chi connectivity index (χ1) is 8.10. The minimum absolute atomic E-state index is 0.0696. The highest BCUT2D eigenvalue weighted by Crippen LogP contribution is 2.24. The number of ether oxygens (including phenoxy) is 1. The predicted molar refractivity (Wildman–Crippen MR) is 65.0 cm³/mol. The molecule has 0 radical (unpaired) electrons. The Morgan fingerprint density at radius 2 is 2.29 bits per heavy atom. The third kappa shape index (κ3) is 3.73. The van der Waals surface area contributed by atoms with Gasteiger partial charge >= 0.3 is 6.09 Å². The van der Waals surface area contributed by atoms with Crippen LogP contribution >= 0.6 is 12.6 Å². The van der Waals surface area contributed by atoms with Crippen molar-refractivity contribution in [3.8, 4) is 0 Å². The number of nitrogens with zero attached hydrogens (tertiary/aromatic N) is 1. The summed E-state index contributed by atoms with van der Waals surface area (Å²) in [4.78, 5) is 24.6. The van der Waals surface area contributed by atoms with Gasteiger partial charge < -0.3 is 4.74 Å². The number of alkyl halides is 1. The molecule has 1 aliphatic rings. The van der Waals surface area contributed by atoms with Crippen LogP contribution < -0.4 is 0 Å². The van der Waals surface area contributed by atoms with Crippen molar-refractivity contribution in [2.24, 2.45) is 0 Å². The number of Topliss-reactive ketones (excluding diaryl/α,β-unsaturated/α-hetero) is 1. The maximum Gasteiger partial charge on any atom is 0.410 e. The van der Waals surface area contributed by atoms with Gasteiger partial charge in [-0.15, -0.1) is 0 Å². The fraction of sp³-hybridized carbons (Fsp3) is 0.636. The number of hydrogen-bond donors (Lipinski definition) is 1. The van der Waals surface area contributed by atoms with Crippen LogP contribution in [0.4, 0.5) is 9.18 Å². The van der Waals surface area contributed by atoms with E-state index in [-0.39, 0.29) is 24.1 Å². The Morgan fingerprint density at radius 1 is 1.59 bits per heavy atom. The van der Waals surface area contributed by atoms with Crippen molar-refractivity contribution in [1.29, 1.82) is 0 Å². The summed E-state index contributed by atoms with van der Waals surface area (Å²) < 4.78 is 17.0. The molecule has 96 valence electrons. The SMILES string of the molecule is C=CCOC(=O)N1C[C@@H](S)C[C@H]1C(=O)CCF. The van der Waals surface area contributed by atoms with E-state index in [1.165, 1.54) is 11.0 Å². The maximum atomic E-state index is 12.1. The number of carbonyl (C=O) groups is 2. The largest absolute Gasteiger partial charge is 0.445 e. The van der Waals surface area contributed by atoms with Crippen molar-refractivity contribution in [2.45, 2.75) is 24.1 Å². The van der Waals surface area contributed by atoms with Crippen molar-refractivity contribution in [3.63, 3.8) is 0 Å². The van der Waals surface area contributed by atoms with Gasteiger partial charge in [-0.3, -0.25) is 14.1 Å². The van der Waals surface area contributed by atoms with Gasteiger partial charge in [-0.25, -0.2) is 4.79 Å². The number of thiol groups is 1. The second-order valence-corrected chi connectivity index (χ2v) is 4.56. The first-order valence-corrected chi connectivity index (χ1v) is 5.92. The standard InChI is InChI=1S/C11H16FNO3S/c1-2-5-16-11(15)13-7-8(17)6-9(13)10(14)3-4-12/h2,8-9,17H,1,3-7H2/t8-,9-/m0/s1. The Hall–Kier alpha value is -1.04. The summed E-state index contributed by atoms with van der Waals surface area (Å²) in [5.41, 5.74) is 0. The van der Waals surface area contributed by atoms with Gasteiger partial charge in [0.15, 0.2) is 5.78 Å². The van der Waals surface area contributed by atoms with Crippen LogP contribution in [0.25, 0.3) is 0 Å². The molecular weight excluding hydrogens is 245 g/mol. The molecule has 0 aromatic carbocycles. The third-order valence-corrected chi connectivity index (χ3v) is 2.92. The molecule has 1 heterocycles. The van der Waals surface area contributed by atoms with E-state index < -0.39 is 18.8 Å². The topological polar surface area (TPSA) is 46.6 Å². The third-order valence-electron chi connectivity index (χ3n) is 2.55. The van der Waals surface area contributed by atoms with Crippen LogP contribution in [0.15, 0.2) is 12.7 Å². The molecule has 6 heteroatoms. The van der Waals surface area contributed by atoms with Gasteiger partial charge in [0.25, 0.3) is 0 Å². The van der Waals surface area contributed by atoms with E-state index in [1.54, 1.807) is 0 Å². The van der Waals surface area contributed by atoms with Crippen LogP contribution in [-0.4, -0.2) is 47.9 Å². The van der Waals surface area contributed by atoms with Gasteiger partial charge in [-0.05, 0) is 6.42 Å². The van der Waals surface area contributed by atoms with Crippen molar-refractivity contribution >= 4 is 24.5 Å². The Morgan fingerprint density at radius 3 is 2.88 bits per heavy atom. The van der Waals surface area contributed by atoms with Crippen LogP contribution in [0.2, 0.25) is 0 Å². The summed E-state index contributed by atoms with van der Waals surface area (Å²) in [5.74, 6) is -0.278. The smallest absolute Gasteiger partial charge is 0.410 e. The minimum Gasteiger partial charge on any atom is -0.445 e. The minimum atomic E-state index is -0.706. The van der Waals surface area contributed by atoms with Gasteiger partial charge in [0.2, 0.25) is 0 Å². The van der Waals surface area contributed by atoms with Gasteiger partial charge in [0.05, 0.1) is 12.7 Å². The molecule has 1 amide bonds. The lowest BCUT2D eigenvalue weighted by molar-refractivity contribution is -0.123. The van der Waals surface area contributed by atoms with E-state index >= 15 is 0 Å². The molecule has 0 aromatic rings. The number of ketones is 1. The van der Waals surface area contributed by atoms with Gasteiger partial charge in [0.1, 0.15) is 6.61 Å². The maximum absolute atomic E-state index is 12.1. The average Bonchev–Trinajstić information content (AvgIpc) is 2.68. The molecule has 1 saturated heterocycles. The summed E-state index contributed by atoms with van der Waals surface area (Å²) in [5, 5.41) is -0.0696. The predicted octanol–water partition coefficient (Wildman–Crippen LogP) is 1.61. The number of amides is 1. The molecule has 0 aliphatic carbocycles. The van der Waals surface area contributed by atoms with E-state index in [0.717, 1.165) is 0 Å². The first kappa shape index (κ1) is 14.0. The Balaban J connectivity index is 2.64. The molecule has 0 saturated carbocycles. The zero-order chi connectivity index (χ0) is 12.8. The quantitative estimate of drug-likeness (QED) is 0.604. The highest BCUT2D eigenvalue weighted by atomic mass is 32.1. The molecular formula is C11H16FNO3S. The fourth-order valence-corrected chi connectivity index (χ4v) is 2.17. The van der Waals surface area contributed by atoms with Gasteiger partial charge in [0, 0.05) is 18.2 Å². The second-order valence-electron chi connectivity index (χ2n) is 3.83. The summed E-state index contributed by atoms with van der Waals surface area (Å²) in [6.07, 6.45) is 1.16. The molecule has 1 rings (SSSR count). The Bertz CT molecular complexity index is 311. The number of likely N-dealkylation sites (tertiary alicyclic amines) is 1. The highest BCUT2D eigenvalue weighted by molar-refractivity contribution is 7.81. The summed E-state index contributed by atoms with van der Waals surface area (Å²) in [7, 11) is 0. The van der Waals surface area contributed by atoms with E-state index in [1.807, 2.05) is 0 Å². The molecule has 1 fully saturated rings. The molecule has 0 aromatic heterocycles. The van der Waals surface area contributed by atoms with Crippen LogP contribution in [0.5, 0.6) is 0 Å². The van der Waals surface area contributed by atoms with E-state index in [2.05, 4.69) is 19.2 Å². The van der Waals surface area contributed by atoms with Crippen molar-refractivity contribution in [1.82, 2.24) is 4.90 Å². The Kier molecular flexibility index (Phi) is 5.47. The van der Waals surface area contributed by atoms with E-state index in [4.69, 9.17) is 4.74 Å². The molecule has 2 atom stereocenters. The average molecular weight is 261 g/mol. The summed E-state index contributed by atoms with van der Waals surface area (Å²) in [6.45, 7) is 3.17. The molecule has 1 aliphatic heterocycles. The summed E-state index contributed by atoms with van der Waals surface area (Å²) in [6, 6.07) is -0.606. The lowest BCUT2D eigenvalue weighted by Gasteiger charge is -2.22. The van der Waals surface area contributed by atoms with E-state index in [9.17, 15) is 14.0 Å². The normalized spacial score (nSPS) is 23.5. The lowest BCUT2D eigenvalue weighted by Crippen LogP contribution is -2.41. The molecule has 0 spiro atoms. The van der Waals surface area contributed by atoms with Crippen LogP contribution in [0.3, 0.4) is 0 Å². The monoisotopic (exact) mass is 261 g/mol. The number of rotatable bonds is 5. The van der Waals surface area contributed by atoms with Crippen molar-refractivity contribution < 1.29 is 18.7 Å². The van der Waals surface area contributed by atoms with Crippen LogP contribution in [0, 0.1) is 0 Å². The number of halogens is 1. The van der Waals surface area contributed by atoms with Crippen molar-refractivity contribution in [2.75, 3.05) is 19.8 Å². The van der Waals surface area contributed by atoms with Gasteiger partial charge in [-0.2, -0.15) is 12.6 Å². The van der Waals surface area contributed by atoms with E-state index in [0.29, 0.717) is 13.0 Å². The molecule has 4 nitrogen and oxygen atoms in total. The number of carbonyl (C=O) groups excluding carboxylic acids is 2. The van der Waals surface area contributed by atoms with Crippen molar-refractivity contribution in [3.05, 3.63) is 12.7 Å². The Labute approximate surface area is 105 Å². The lowest BCUT2D eigenvalue weighted by atomic mass is 10.1. The zero-order valence-corrected chi connectivity index (χ0v) is 10.4. The van der Waals surface area contributed by atoms with Crippen LogP contribution in [-0.2, 0) is 9.53 Å². The molecule has 0 bridgehead atoms. The highest BCUT2D eigenvalue weighted by Gasteiger charge is 2.38. The summed E-state index contributed by atoms with van der Waals surface area (Å²) >= 11 is 4.24.